The van der Waals surface area contributed by atoms with Crippen molar-refractivity contribution in [1.29, 1.82) is 5.26 Å². The van der Waals surface area contributed by atoms with Crippen LogP contribution in [0.5, 0.6) is 0 Å². The first-order valence-corrected chi connectivity index (χ1v) is 9.25. The summed E-state index contributed by atoms with van der Waals surface area (Å²) in [4.78, 5) is 17.5. The molecule has 0 aliphatic carbocycles. The number of carbonyl (C=O) groups is 1. The molecule has 0 radical (unpaired) electrons. The van der Waals surface area contributed by atoms with Gasteiger partial charge in [0.15, 0.2) is 0 Å². The molecule has 1 aromatic rings. The summed E-state index contributed by atoms with van der Waals surface area (Å²) in [6, 6.07) is 10.5. The molecule has 1 fully saturated rings. The summed E-state index contributed by atoms with van der Waals surface area (Å²) in [5.41, 5.74) is 1.78. The minimum Gasteiger partial charge on any atom is -0.292 e. The van der Waals surface area contributed by atoms with Crippen LogP contribution in [0, 0.1) is 11.3 Å². The molecule has 0 spiro atoms. The largest absolute Gasteiger partial charge is 0.292 e. The summed E-state index contributed by atoms with van der Waals surface area (Å²) in [6.45, 7) is 0.574. The molecule has 4 nitrogen and oxygen atoms in total. The highest BCUT2D eigenvalue weighted by Gasteiger charge is 2.37. The van der Waals surface area contributed by atoms with Crippen LogP contribution >= 0.6 is 23.5 Å². The lowest BCUT2D eigenvalue weighted by Crippen LogP contribution is -2.45. The van der Waals surface area contributed by atoms with Gasteiger partial charge in [0.1, 0.15) is 0 Å². The lowest BCUT2D eigenvalue weighted by molar-refractivity contribution is -0.131. The molecule has 0 bridgehead atoms. The van der Waals surface area contributed by atoms with E-state index in [4.69, 9.17) is 0 Å². The number of fused-ring (bicyclic) bond motifs is 1. The molecule has 6 heteroatoms. The summed E-state index contributed by atoms with van der Waals surface area (Å²) in [7, 11) is 1.98. The average Bonchev–Trinajstić information content (AvgIpc) is 2.55. The smallest absolute Gasteiger partial charge is 0.229 e. The highest BCUT2D eigenvalue weighted by molar-refractivity contribution is 8.03. The predicted molar refractivity (Wildman–Crippen MR) is 90.2 cm³/mol. The van der Waals surface area contributed by atoms with Crippen molar-refractivity contribution in [1.82, 2.24) is 9.80 Å². The second kappa shape index (κ2) is 6.37. The van der Waals surface area contributed by atoms with E-state index in [0.717, 1.165) is 22.0 Å². The van der Waals surface area contributed by atoms with Gasteiger partial charge in [-0.05, 0) is 31.0 Å². The first-order valence-electron chi connectivity index (χ1n) is 7.04. The van der Waals surface area contributed by atoms with E-state index in [0.29, 0.717) is 13.1 Å². The van der Waals surface area contributed by atoms with Crippen molar-refractivity contribution >= 4 is 29.4 Å². The summed E-state index contributed by atoms with van der Waals surface area (Å²) in [6.07, 6.45) is 2.41. The van der Waals surface area contributed by atoms with Crippen LogP contribution in [0.4, 0.5) is 0 Å². The number of thioether (sulfide) groups is 2. The van der Waals surface area contributed by atoms with Gasteiger partial charge in [0.2, 0.25) is 5.91 Å². The minimum atomic E-state index is -0.115. The maximum atomic E-state index is 12.5. The Morgan fingerprint density at radius 2 is 2.09 bits per heavy atom. The molecule has 0 unspecified atom stereocenters. The van der Waals surface area contributed by atoms with Crippen LogP contribution in [0.15, 0.2) is 39.8 Å². The summed E-state index contributed by atoms with van der Waals surface area (Å²) >= 11 is 3.27. The molecule has 2 heterocycles. The maximum Gasteiger partial charge on any atom is 0.229 e. The highest BCUT2D eigenvalue weighted by atomic mass is 32.2. The Balaban J connectivity index is 1.99. The molecular weight excluding hydrogens is 314 g/mol. The number of allylic oxidation sites excluding steroid dienone is 1. The van der Waals surface area contributed by atoms with Crippen LogP contribution in [0.3, 0.4) is 0 Å². The fourth-order valence-electron chi connectivity index (χ4n) is 2.79. The van der Waals surface area contributed by atoms with Gasteiger partial charge in [-0.15, -0.1) is 11.8 Å². The first kappa shape index (κ1) is 15.5. The van der Waals surface area contributed by atoms with Crippen molar-refractivity contribution in [3.05, 3.63) is 40.4 Å². The van der Waals surface area contributed by atoms with Crippen molar-refractivity contribution in [2.24, 2.45) is 0 Å². The van der Waals surface area contributed by atoms with Gasteiger partial charge in [0, 0.05) is 17.2 Å². The van der Waals surface area contributed by atoms with Crippen LogP contribution in [0.1, 0.15) is 17.9 Å². The number of carbonyl (C=O) groups excluding carboxylic acids is 1. The van der Waals surface area contributed by atoms with E-state index in [1.807, 2.05) is 25.4 Å². The summed E-state index contributed by atoms with van der Waals surface area (Å²) in [5.74, 6) is 0.796. The Morgan fingerprint density at radius 1 is 1.36 bits per heavy atom. The fraction of sp³-hybridized carbons (Fsp3) is 0.375. The number of benzene rings is 1. The van der Waals surface area contributed by atoms with Crippen molar-refractivity contribution in [2.75, 3.05) is 25.8 Å². The molecule has 1 atom stereocenters. The Kier molecular flexibility index (Phi) is 4.48. The second-order valence-corrected chi connectivity index (χ2v) is 7.27. The molecule has 2 aliphatic rings. The van der Waals surface area contributed by atoms with Crippen molar-refractivity contribution < 1.29 is 4.79 Å². The average molecular weight is 331 g/mol. The number of amides is 1. The van der Waals surface area contributed by atoms with Crippen LogP contribution < -0.4 is 0 Å². The number of hydrogen-bond donors (Lipinski definition) is 0. The number of hydrogen-bond acceptors (Lipinski definition) is 5. The molecule has 3 rings (SSSR count). The van der Waals surface area contributed by atoms with Crippen molar-refractivity contribution in [2.45, 2.75) is 17.2 Å². The third-order valence-electron chi connectivity index (χ3n) is 3.95. The summed E-state index contributed by atoms with van der Waals surface area (Å²) in [5, 5.41) is 10.5. The third-order valence-corrected chi connectivity index (χ3v) is 5.97. The predicted octanol–water partition coefficient (Wildman–Crippen LogP) is 3.05. The van der Waals surface area contributed by atoms with Gasteiger partial charge in [0.25, 0.3) is 0 Å². The molecule has 22 heavy (non-hydrogen) atoms. The Bertz CT molecular complexity index is 663. The van der Waals surface area contributed by atoms with E-state index >= 15 is 0 Å². The minimum absolute atomic E-state index is 0.104. The van der Waals surface area contributed by atoms with Gasteiger partial charge in [-0.25, -0.2) is 0 Å². The van der Waals surface area contributed by atoms with E-state index in [-0.39, 0.29) is 11.8 Å². The number of nitrogens with zero attached hydrogens (tertiary/aromatic N) is 3. The van der Waals surface area contributed by atoms with Gasteiger partial charge >= 0.3 is 0 Å². The van der Waals surface area contributed by atoms with Crippen LogP contribution in [-0.2, 0) is 4.79 Å². The van der Waals surface area contributed by atoms with Gasteiger partial charge in [-0.2, -0.15) is 5.26 Å². The fourth-order valence-corrected chi connectivity index (χ4v) is 4.28. The molecule has 1 saturated heterocycles. The van der Waals surface area contributed by atoms with Crippen molar-refractivity contribution in [3.8, 4) is 6.07 Å². The lowest BCUT2D eigenvalue weighted by Gasteiger charge is -2.40. The van der Waals surface area contributed by atoms with Gasteiger partial charge in [-0.3, -0.25) is 14.6 Å². The van der Waals surface area contributed by atoms with Gasteiger partial charge in [0.05, 0.1) is 29.2 Å². The molecule has 0 N–H and O–H groups in total. The molecular formula is C16H17N3OS2. The van der Waals surface area contributed by atoms with Crippen LogP contribution in [0.25, 0.3) is 0 Å². The molecule has 114 valence electrons. The zero-order valence-electron chi connectivity index (χ0n) is 12.6. The van der Waals surface area contributed by atoms with E-state index in [2.05, 4.69) is 23.1 Å². The number of rotatable bonds is 2. The van der Waals surface area contributed by atoms with Crippen LogP contribution in [0.2, 0.25) is 0 Å². The summed E-state index contributed by atoms with van der Waals surface area (Å²) < 4.78 is 0. The zero-order valence-corrected chi connectivity index (χ0v) is 14.2. The topological polar surface area (TPSA) is 47.3 Å². The zero-order chi connectivity index (χ0) is 15.7. The SMILES string of the molecule is CSc1ccc([C@H]2CC(=O)N3CN(C)CSC3=C2C#N)cc1. The standard InChI is InChI=1S/C16H17N3OS2/c1-18-9-19-15(20)7-13(14(8-17)16(19)22-10-18)11-3-5-12(21-2)6-4-11/h3-6,13H,7,9-10H2,1-2H3/t13-/m1/s1. The highest BCUT2D eigenvalue weighted by Crippen LogP contribution is 2.42. The quantitative estimate of drug-likeness (QED) is 0.780. The van der Waals surface area contributed by atoms with Crippen LogP contribution in [-0.4, -0.2) is 41.6 Å². The Morgan fingerprint density at radius 3 is 2.73 bits per heavy atom. The monoisotopic (exact) mass is 331 g/mol. The lowest BCUT2D eigenvalue weighted by atomic mass is 9.86. The molecule has 2 aliphatic heterocycles. The Labute approximate surface area is 139 Å². The third kappa shape index (κ3) is 2.76. The molecule has 1 amide bonds. The second-order valence-electron chi connectivity index (χ2n) is 5.45. The Hall–Kier alpha value is -1.42. The van der Waals surface area contributed by atoms with Gasteiger partial charge in [-0.1, -0.05) is 23.9 Å². The van der Waals surface area contributed by atoms with E-state index in [9.17, 15) is 10.1 Å². The first-order chi connectivity index (χ1) is 10.6. The molecule has 1 aromatic carbocycles. The molecule has 0 aromatic heterocycles. The van der Waals surface area contributed by atoms with E-state index in [1.165, 1.54) is 4.90 Å². The normalized spacial score (nSPS) is 22.5. The van der Waals surface area contributed by atoms with E-state index < -0.39 is 0 Å². The van der Waals surface area contributed by atoms with Crippen molar-refractivity contribution in [3.63, 3.8) is 0 Å². The molecule has 0 saturated carbocycles. The number of nitriles is 1. The maximum absolute atomic E-state index is 12.5. The van der Waals surface area contributed by atoms with E-state index in [1.54, 1.807) is 28.4 Å². The van der Waals surface area contributed by atoms with Gasteiger partial charge < -0.3 is 0 Å².